The van der Waals surface area contributed by atoms with Gasteiger partial charge in [0.15, 0.2) is 11.6 Å². The number of hydrogen-bond acceptors (Lipinski definition) is 6. The van der Waals surface area contributed by atoms with E-state index >= 15 is 0 Å². The Balaban J connectivity index is 1.96. The third-order valence-corrected chi connectivity index (χ3v) is 4.07. The summed E-state index contributed by atoms with van der Waals surface area (Å²) in [6.07, 6.45) is 2.95. The molecule has 0 N–H and O–H groups in total. The van der Waals surface area contributed by atoms with Gasteiger partial charge in [0, 0.05) is 35.7 Å². The van der Waals surface area contributed by atoms with Gasteiger partial charge in [-0.3, -0.25) is 15.1 Å². The van der Waals surface area contributed by atoms with Gasteiger partial charge in [-0.05, 0) is 36.4 Å². The number of carbonyl (C=O) groups excluding carboxylic acids is 1. The molecule has 3 aromatic rings. The maximum atomic E-state index is 13.4. The number of hydrogen-bond donors (Lipinski definition) is 0. The topological polar surface area (TPSA) is 94.7 Å². The van der Waals surface area contributed by atoms with E-state index in [1.54, 1.807) is 12.1 Å². The first-order chi connectivity index (χ1) is 13.9. The molecular formula is C19H10ClF2N3O4. The minimum absolute atomic E-state index is 0.131. The molecule has 29 heavy (non-hydrogen) atoms. The van der Waals surface area contributed by atoms with Crippen LogP contribution in [-0.4, -0.2) is 21.6 Å². The maximum absolute atomic E-state index is 13.4. The van der Waals surface area contributed by atoms with Crippen molar-refractivity contribution in [2.24, 2.45) is 5.16 Å². The molecule has 0 saturated heterocycles. The van der Waals surface area contributed by atoms with Crippen molar-refractivity contribution in [3.63, 3.8) is 0 Å². The highest BCUT2D eigenvalue weighted by Gasteiger charge is 2.18. The predicted octanol–water partition coefficient (Wildman–Crippen LogP) is 4.53. The van der Waals surface area contributed by atoms with Gasteiger partial charge in [0.2, 0.25) is 0 Å². The molecule has 0 spiro atoms. The van der Waals surface area contributed by atoms with Crippen molar-refractivity contribution in [1.29, 1.82) is 0 Å². The summed E-state index contributed by atoms with van der Waals surface area (Å²) in [6, 6.07) is 9.80. The Hall–Kier alpha value is -3.72. The molecule has 0 radical (unpaired) electrons. The highest BCUT2D eigenvalue weighted by Crippen LogP contribution is 2.22. The highest BCUT2D eigenvalue weighted by molar-refractivity contribution is 6.33. The van der Waals surface area contributed by atoms with Crippen LogP contribution in [0, 0.1) is 21.7 Å². The Labute approximate surface area is 167 Å². The largest absolute Gasteiger partial charge is 0.367 e. The second-order valence-corrected chi connectivity index (χ2v) is 6.01. The quantitative estimate of drug-likeness (QED) is 0.200. The fourth-order valence-electron chi connectivity index (χ4n) is 2.34. The predicted molar refractivity (Wildman–Crippen MR) is 99.8 cm³/mol. The molecular weight excluding hydrogens is 408 g/mol. The Kier molecular flexibility index (Phi) is 5.89. The molecule has 0 aliphatic rings. The van der Waals surface area contributed by atoms with Crippen LogP contribution in [0.25, 0.3) is 0 Å². The van der Waals surface area contributed by atoms with Crippen molar-refractivity contribution in [3.05, 3.63) is 104 Å². The van der Waals surface area contributed by atoms with Crippen LogP contribution in [0.1, 0.15) is 21.5 Å². The Morgan fingerprint density at radius 1 is 1.03 bits per heavy atom. The lowest BCUT2D eigenvalue weighted by Crippen LogP contribution is -2.09. The fraction of sp³-hybridized carbons (Fsp3) is 0. The number of carbonyl (C=O) groups is 1. The summed E-state index contributed by atoms with van der Waals surface area (Å²) in [5.41, 5.74) is 0.527. The van der Waals surface area contributed by atoms with E-state index in [1.165, 1.54) is 36.7 Å². The SMILES string of the molecule is O=C(ON=C(c1ccncc1)c1ccc([N+](=O)[O-])cc1)c1cc(F)c(F)cc1Cl. The molecule has 3 rings (SSSR count). The van der Waals surface area contributed by atoms with Gasteiger partial charge >= 0.3 is 5.97 Å². The van der Waals surface area contributed by atoms with Crippen LogP contribution in [-0.2, 0) is 4.84 Å². The van der Waals surface area contributed by atoms with E-state index in [4.69, 9.17) is 16.4 Å². The molecule has 0 unspecified atom stereocenters. The molecule has 146 valence electrons. The summed E-state index contributed by atoms with van der Waals surface area (Å²) in [4.78, 5) is 31.3. The Bertz CT molecular complexity index is 1110. The lowest BCUT2D eigenvalue weighted by molar-refractivity contribution is -0.384. The first kappa shape index (κ1) is 20.0. The number of non-ortho nitro benzene ring substituents is 1. The van der Waals surface area contributed by atoms with Gasteiger partial charge < -0.3 is 4.84 Å². The summed E-state index contributed by atoms with van der Waals surface area (Å²) in [5, 5.41) is 14.3. The van der Waals surface area contributed by atoms with Crippen molar-refractivity contribution >= 4 is 29.0 Å². The van der Waals surface area contributed by atoms with Gasteiger partial charge in [-0.1, -0.05) is 16.8 Å². The minimum Gasteiger partial charge on any atom is -0.312 e. The third kappa shape index (κ3) is 4.58. The molecule has 1 aromatic heterocycles. The third-order valence-electron chi connectivity index (χ3n) is 3.76. The molecule has 0 aliphatic carbocycles. The second-order valence-electron chi connectivity index (χ2n) is 5.60. The summed E-state index contributed by atoms with van der Waals surface area (Å²) >= 11 is 5.76. The van der Waals surface area contributed by atoms with Gasteiger partial charge in [0.25, 0.3) is 5.69 Å². The van der Waals surface area contributed by atoms with E-state index in [0.717, 1.165) is 0 Å². The summed E-state index contributed by atoms with van der Waals surface area (Å²) < 4.78 is 26.6. The van der Waals surface area contributed by atoms with E-state index < -0.39 is 28.1 Å². The second kappa shape index (κ2) is 8.53. The molecule has 0 saturated carbocycles. The average Bonchev–Trinajstić information content (AvgIpc) is 2.72. The molecule has 7 nitrogen and oxygen atoms in total. The number of pyridine rings is 1. The van der Waals surface area contributed by atoms with Crippen LogP contribution < -0.4 is 0 Å². The molecule has 0 bridgehead atoms. The molecule has 0 aliphatic heterocycles. The molecule has 0 fully saturated rings. The lowest BCUT2D eigenvalue weighted by Gasteiger charge is -2.07. The van der Waals surface area contributed by atoms with Crippen LogP contribution >= 0.6 is 11.6 Å². The van der Waals surface area contributed by atoms with Gasteiger partial charge in [0.05, 0.1) is 15.5 Å². The standard InChI is InChI=1S/C19H10ClF2N3O4/c20-15-10-17(22)16(21)9-14(15)19(26)29-24-18(12-5-7-23-8-6-12)11-1-3-13(4-2-11)25(27)28/h1-10H. The van der Waals surface area contributed by atoms with Crippen LogP contribution in [0.2, 0.25) is 5.02 Å². The highest BCUT2D eigenvalue weighted by atomic mass is 35.5. The molecule has 0 amide bonds. The van der Waals surface area contributed by atoms with E-state index in [9.17, 15) is 23.7 Å². The maximum Gasteiger partial charge on any atom is 0.367 e. The fourth-order valence-corrected chi connectivity index (χ4v) is 2.57. The van der Waals surface area contributed by atoms with E-state index in [-0.39, 0.29) is 16.4 Å². The first-order valence-corrected chi connectivity index (χ1v) is 8.33. The van der Waals surface area contributed by atoms with E-state index in [0.29, 0.717) is 23.3 Å². The Morgan fingerprint density at radius 2 is 1.62 bits per heavy atom. The zero-order chi connectivity index (χ0) is 21.0. The number of nitro benzene ring substituents is 1. The number of nitrogens with zero attached hydrogens (tertiary/aromatic N) is 3. The van der Waals surface area contributed by atoms with Crippen LogP contribution in [0.5, 0.6) is 0 Å². The average molecular weight is 418 g/mol. The molecule has 2 aromatic carbocycles. The van der Waals surface area contributed by atoms with Crippen molar-refractivity contribution in [1.82, 2.24) is 4.98 Å². The van der Waals surface area contributed by atoms with E-state index in [2.05, 4.69) is 10.1 Å². The summed E-state index contributed by atoms with van der Waals surface area (Å²) in [6.45, 7) is 0. The normalized spacial score (nSPS) is 11.2. The van der Waals surface area contributed by atoms with Gasteiger partial charge in [-0.25, -0.2) is 13.6 Å². The van der Waals surface area contributed by atoms with E-state index in [1.807, 2.05) is 0 Å². The van der Waals surface area contributed by atoms with Crippen LogP contribution in [0.3, 0.4) is 0 Å². The monoisotopic (exact) mass is 417 g/mol. The number of aromatic nitrogens is 1. The number of benzene rings is 2. The zero-order valence-corrected chi connectivity index (χ0v) is 15.1. The number of halogens is 3. The number of oxime groups is 1. The molecule has 10 heteroatoms. The van der Waals surface area contributed by atoms with Crippen LogP contribution in [0.4, 0.5) is 14.5 Å². The Morgan fingerprint density at radius 3 is 2.24 bits per heavy atom. The van der Waals surface area contributed by atoms with Gasteiger partial charge in [-0.15, -0.1) is 0 Å². The molecule has 0 atom stereocenters. The number of nitro groups is 1. The van der Waals surface area contributed by atoms with Gasteiger partial charge in [-0.2, -0.15) is 0 Å². The van der Waals surface area contributed by atoms with Crippen molar-refractivity contribution < 1.29 is 23.3 Å². The summed E-state index contributed by atoms with van der Waals surface area (Å²) in [7, 11) is 0. The smallest absolute Gasteiger partial charge is 0.312 e. The van der Waals surface area contributed by atoms with Gasteiger partial charge in [0.1, 0.15) is 5.71 Å². The van der Waals surface area contributed by atoms with Crippen molar-refractivity contribution in [2.75, 3.05) is 0 Å². The van der Waals surface area contributed by atoms with Crippen LogP contribution in [0.15, 0.2) is 66.1 Å². The number of rotatable bonds is 5. The summed E-state index contributed by atoms with van der Waals surface area (Å²) in [5.74, 6) is -3.59. The minimum atomic E-state index is -1.27. The first-order valence-electron chi connectivity index (χ1n) is 7.96. The molecule has 1 heterocycles. The van der Waals surface area contributed by atoms with Crippen molar-refractivity contribution in [2.45, 2.75) is 0 Å². The van der Waals surface area contributed by atoms with Crippen molar-refractivity contribution in [3.8, 4) is 0 Å². The zero-order valence-electron chi connectivity index (χ0n) is 14.4. The lowest BCUT2D eigenvalue weighted by atomic mass is 10.0.